The van der Waals surface area contributed by atoms with Crippen LogP contribution in [0.3, 0.4) is 0 Å². The van der Waals surface area contributed by atoms with Crippen LogP contribution in [-0.4, -0.2) is 55.2 Å². The molecule has 1 aromatic carbocycles. The Balaban J connectivity index is 0.00000192. The van der Waals surface area contributed by atoms with Crippen molar-refractivity contribution in [3.05, 3.63) is 36.4 Å². The first kappa shape index (κ1) is 17.7. The number of aliphatic imine (C=N–C) groups is 1. The second kappa shape index (κ2) is 8.88. The Hall–Kier alpha value is -1.61. The van der Waals surface area contributed by atoms with Gasteiger partial charge in [0.15, 0.2) is 5.96 Å². The van der Waals surface area contributed by atoms with E-state index in [0.29, 0.717) is 19.0 Å². The summed E-state index contributed by atoms with van der Waals surface area (Å²) in [6.45, 7) is 4.39. The predicted molar refractivity (Wildman–Crippen MR) is 105 cm³/mol. The standard InChI is InChI=1S/C16H21N5O.HI/c17-16(21-9-11-22-12-10-21)19-8-7-18-15-6-5-13-3-1-2-4-14(13)20-15;/h1-6H,7-12H2,(H2,17,19)(H,18,20);1H. The van der Waals surface area contributed by atoms with E-state index in [4.69, 9.17) is 10.5 Å². The highest BCUT2D eigenvalue weighted by Gasteiger charge is 2.11. The molecule has 0 radical (unpaired) electrons. The maximum atomic E-state index is 5.98. The molecule has 3 rings (SSSR count). The molecule has 0 saturated carbocycles. The zero-order valence-electron chi connectivity index (χ0n) is 12.9. The number of anilines is 1. The number of pyridine rings is 1. The smallest absolute Gasteiger partial charge is 0.191 e. The topological polar surface area (TPSA) is 75.8 Å². The number of hydrogen-bond acceptors (Lipinski definition) is 4. The summed E-state index contributed by atoms with van der Waals surface area (Å²) in [4.78, 5) is 11.0. The van der Waals surface area contributed by atoms with Crippen LogP contribution in [0.25, 0.3) is 10.9 Å². The van der Waals surface area contributed by atoms with Crippen LogP contribution >= 0.6 is 24.0 Å². The van der Waals surface area contributed by atoms with Gasteiger partial charge in [-0.05, 0) is 18.2 Å². The molecule has 3 N–H and O–H groups in total. The minimum atomic E-state index is 0. The lowest BCUT2D eigenvalue weighted by molar-refractivity contribution is 0.0674. The van der Waals surface area contributed by atoms with Gasteiger partial charge in [-0.1, -0.05) is 18.2 Å². The van der Waals surface area contributed by atoms with Crippen LogP contribution in [0.1, 0.15) is 0 Å². The molecule has 1 saturated heterocycles. The Morgan fingerprint density at radius 3 is 2.83 bits per heavy atom. The third-order valence-electron chi connectivity index (χ3n) is 3.63. The molecular weight excluding hydrogens is 405 g/mol. The highest BCUT2D eigenvalue weighted by molar-refractivity contribution is 14.0. The van der Waals surface area contributed by atoms with E-state index in [0.717, 1.165) is 43.0 Å². The number of morpholine rings is 1. The van der Waals surface area contributed by atoms with Crippen molar-refractivity contribution >= 4 is 46.7 Å². The average Bonchev–Trinajstić information content (AvgIpc) is 2.59. The molecule has 0 spiro atoms. The van der Waals surface area contributed by atoms with Crippen LogP contribution in [-0.2, 0) is 4.74 Å². The summed E-state index contributed by atoms with van der Waals surface area (Å²) < 4.78 is 5.30. The van der Waals surface area contributed by atoms with E-state index in [9.17, 15) is 0 Å². The first-order chi connectivity index (χ1) is 10.8. The van der Waals surface area contributed by atoms with Gasteiger partial charge in [0.2, 0.25) is 0 Å². The lowest BCUT2D eigenvalue weighted by Gasteiger charge is -2.27. The summed E-state index contributed by atoms with van der Waals surface area (Å²) in [7, 11) is 0. The molecule has 1 aromatic heterocycles. The molecule has 124 valence electrons. The van der Waals surface area contributed by atoms with E-state index in [2.05, 4.69) is 32.3 Å². The number of ether oxygens (including phenoxy) is 1. The summed E-state index contributed by atoms with van der Waals surface area (Å²) in [5, 5.41) is 4.42. The zero-order chi connectivity index (χ0) is 15.2. The number of hydrogen-bond donors (Lipinski definition) is 2. The SMILES string of the molecule is I.NC(=NCCNc1ccc2ccccc2n1)N1CCOCC1. The number of rotatable bonds is 4. The van der Waals surface area contributed by atoms with Crippen molar-refractivity contribution in [2.24, 2.45) is 10.7 Å². The third kappa shape index (κ3) is 4.93. The summed E-state index contributed by atoms with van der Waals surface area (Å²) >= 11 is 0. The van der Waals surface area contributed by atoms with Crippen LogP contribution < -0.4 is 11.1 Å². The molecule has 1 fully saturated rings. The minimum absolute atomic E-state index is 0. The van der Waals surface area contributed by atoms with E-state index in [-0.39, 0.29) is 24.0 Å². The lowest BCUT2D eigenvalue weighted by atomic mass is 10.2. The van der Waals surface area contributed by atoms with Crippen molar-refractivity contribution in [1.82, 2.24) is 9.88 Å². The Labute approximate surface area is 153 Å². The van der Waals surface area contributed by atoms with Crippen molar-refractivity contribution in [3.63, 3.8) is 0 Å². The Bertz CT molecular complexity index is 658. The number of nitrogens with two attached hydrogens (primary N) is 1. The van der Waals surface area contributed by atoms with Crippen LogP contribution in [0.15, 0.2) is 41.4 Å². The van der Waals surface area contributed by atoms with Gasteiger partial charge in [-0.2, -0.15) is 0 Å². The Morgan fingerprint density at radius 2 is 2.00 bits per heavy atom. The van der Waals surface area contributed by atoms with Crippen LogP contribution in [0.2, 0.25) is 0 Å². The van der Waals surface area contributed by atoms with Crippen LogP contribution in [0.5, 0.6) is 0 Å². The number of fused-ring (bicyclic) bond motifs is 1. The zero-order valence-corrected chi connectivity index (χ0v) is 15.3. The van der Waals surface area contributed by atoms with Gasteiger partial charge in [0.05, 0.1) is 25.3 Å². The van der Waals surface area contributed by atoms with Crippen molar-refractivity contribution < 1.29 is 4.74 Å². The number of halogens is 1. The Morgan fingerprint density at radius 1 is 1.22 bits per heavy atom. The summed E-state index contributed by atoms with van der Waals surface area (Å²) in [6, 6.07) is 12.1. The summed E-state index contributed by atoms with van der Waals surface area (Å²) in [6.07, 6.45) is 0. The number of benzene rings is 1. The van der Waals surface area contributed by atoms with Crippen LogP contribution in [0.4, 0.5) is 5.82 Å². The minimum Gasteiger partial charge on any atom is -0.378 e. The molecule has 0 bridgehead atoms. The number of nitrogens with zero attached hydrogens (tertiary/aromatic N) is 3. The molecular formula is C16H22IN5O. The molecule has 2 heterocycles. The maximum Gasteiger partial charge on any atom is 0.191 e. The number of aromatic nitrogens is 1. The van der Waals surface area contributed by atoms with E-state index < -0.39 is 0 Å². The number of guanidine groups is 1. The molecule has 23 heavy (non-hydrogen) atoms. The number of nitrogens with one attached hydrogen (secondary N) is 1. The summed E-state index contributed by atoms with van der Waals surface area (Å²) in [5.41, 5.74) is 6.97. The molecule has 0 aliphatic carbocycles. The normalized spacial score (nSPS) is 15.3. The van der Waals surface area contributed by atoms with Crippen molar-refractivity contribution in [1.29, 1.82) is 0 Å². The first-order valence-electron chi connectivity index (χ1n) is 7.55. The molecule has 2 aromatic rings. The Kier molecular flexibility index (Phi) is 6.85. The van der Waals surface area contributed by atoms with Gasteiger partial charge in [-0.15, -0.1) is 24.0 Å². The number of para-hydroxylation sites is 1. The molecule has 0 amide bonds. The molecule has 1 aliphatic rings. The monoisotopic (exact) mass is 427 g/mol. The predicted octanol–water partition coefficient (Wildman–Crippen LogP) is 1.91. The van der Waals surface area contributed by atoms with Gasteiger partial charge >= 0.3 is 0 Å². The van der Waals surface area contributed by atoms with E-state index in [1.54, 1.807) is 0 Å². The molecule has 0 atom stereocenters. The van der Waals surface area contributed by atoms with E-state index in [1.165, 1.54) is 0 Å². The third-order valence-corrected chi connectivity index (χ3v) is 3.63. The van der Waals surface area contributed by atoms with Gasteiger partial charge < -0.3 is 20.7 Å². The molecule has 1 aliphatic heterocycles. The van der Waals surface area contributed by atoms with Crippen molar-refractivity contribution in [2.45, 2.75) is 0 Å². The average molecular weight is 427 g/mol. The van der Waals surface area contributed by atoms with E-state index in [1.807, 2.05) is 24.3 Å². The fraction of sp³-hybridized carbons (Fsp3) is 0.375. The molecule has 6 nitrogen and oxygen atoms in total. The van der Waals surface area contributed by atoms with Gasteiger partial charge in [-0.25, -0.2) is 4.98 Å². The van der Waals surface area contributed by atoms with Crippen molar-refractivity contribution in [3.8, 4) is 0 Å². The molecule has 7 heteroatoms. The quantitative estimate of drug-likeness (QED) is 0.338. The molecule has 0 unspecified atom stereocenters. The van der Waals surface area contributed by atoms with E-state index >= 15 is 0 Å². The maximum absolute atomic E-state index is 5.98. The summed E-state index contributed by atoms with van der Waals surface area (Å²) in [5.74, 6) is 1.45. The first-order valence-corrected chi connectivity index (χ1v) is 7.55. The fourth-order valence-corrected chi connectivity index (χ4v) is 2.41. The second-order valence-corrected chi connectivity index (χ2v) is 5.16. The largest absolute Gasteiger partial charge is 0.378 e. The highest BCUT2D eigenvalue weighted by atomic mass is 127. The van der Waals surface area contributed by atoms with Gasteiger partial charge in [0.1, 0.15) is 5.82 Å². The van der Waals surface area contributed by atoms with Gasteiger partial charge in [0, 0.05) is 25.0 Å². The second-order valence-electron chi connectivity index (χ2n) is 5.16. The fourth-order valence-electron chi connectivity index (χ4n) is 2.41. The highest BCUT2D eigenvalue weighted by Crippen LogP contribution is 2.14. The lowest BCUT2D eigenvalue weighted by Crippen LogP contribution is -2.45. The van der Waals surface area contributed by atoms with Crippen LogP contribution in [0, 0.1) is 0 Å². The van der Waals surface area contributed by atoms with Crippen molar-refractivity contribution in [2.75, 3.05) is 44.7 Å². The van der Waals surface area contributed by atoms with Gasteiger partial charge in [0.25, 0.3) is 0 Å². The van der Waals surface area contributed by atoms with Gasteiger partial charge in [-0.3, -0.25) is 4.99 Å².